The average molecular weight is 295 g/mol. The van der Waals surface area contributed by atoms with Crippen molar-refractivity contribution in [3.63, 3.8) is 0 Å². The fourth-order valence-electron chi connectivity index (χ4n) is 1.58. The van der Waals surface area contributed by atoms with Gasteiger partial charge in [-0.3, -0.25) is 15.0 Å². The lowest BCUT2D eigenvalue weighted by atomic mass is 10.2. The van der Waals surface area contributed by atoms with E-state index >= 15 is 0 Å². The van der Waals surface area contributed by atoms with Crippen molar-refractivity contribution in [1.82, 2.24) is 5.43 Å². The van der Waals surface area contributed by atoms with Gasteiger partial charge in [-0.15, -0.1) is 0 Å². The van der Waals surface area contributed by atoms with Gasteiger partial charge in [-0.1, -0.05) is 11.6 Å². The monoisotopic (exact) mass is 294 g/mol. The van der Waals surface area contributed by atoms with Gasteiger partial charge in [-0.2, -0.15) is 0 Å². The van der Waals surface area contributed by atoms with E-state index in [1.165, 1.54) is 18.4 Å². The zero-order valence-corrected chi connectivity index (χ0v) is 11.0. The van der Waals surface area contributed by atoms with Crippen molar-refractivity contribution in [2.45, 2.75) is 6.61 Å². The predicted molar refractivity (Wildman–Crippen MR) is 71.5 cm³/mol. The fraction of sp³-hybridized carbons (Fsp3) is 0.0769. The number of ether oxygens (including phenoxy) is 1. The van der Waals surface area contributed by atoms with Crippen molar-refractivity contribution in [2.75, 3.05) is 0 Å². The number of amides is 1. The van der Waals surface area contributed by atoms with Crippen LogP contribution in [0, 0.1) is 0 Å². The second-order valence-electron chi connectivity index (χ2n) is 3.83. The van der Waals surface area contributed by atoms with Crippen LogP contribution in [0.3, 0.4) is 0 Å². The van der Waals surface area contributed by atoms with E-state index in [0.29, 0.717) is 28.4 Å². The summed E-state index contributed by atoms with van der Waals surface area (Å²) in [5, 5.41) is 0.297. The van der Waals surface area contributed by atoms with Crippen LogP contribution in [0.5, 0.6) is 5.75 Å². The van der Waals surface area contributed by atoms with Crippen molar-refractivity contribution in [2.24, 2.45) is 5.84 Å². The SMILES string of the molecule is NNC(=O)c1ccoc1COc1ccc(C=O)cc1Cl. The third-order valence-corrected chi connectivity index (χ3v) is 2.87. The number of rotatable bonds is 5. The van der Waals surface area contributed by atoms with Gasteiger partial charge in [0.2, 0.25) is 0 Å². The molecule has 0 radical (unpaired) electrons. The van der Waals surface area contributed by atoms with Gasteiger partial charge in [0, 0.05) is 5.56 Å². The summed E-state index contributed by atoms with van der Waals surface area (Å²) in [6.45, 7) is 0.00983. The van der Waals surface area contributed by atoms with E-state index in [1.54, 1.807) is 12.1 Å². The molecule has 1 heterocycles. The van der Waals surface area contributed by atoms with Gasteiger partial charge in [0.25, 0.3) is 5.91 Å². The maximum atomic E-state index is 11.4. The highest BCUT2D eigenvalue weighted by molar-refractivity contribution is 6.32. The molecule has 0 aliphatic carbocycles. The highest BCUT2D eigenvalue weighted by Gasteiger charge is 2.14. The maximum Gasteiger partial charge on any atom is 0.268 e. The van der Waals surface area contributed by atoms with Gasteiger partial charge in [0.1, 0.15) is 18.6 Å². The molecule has 0 saturated carbocycles. The Morgan fingerprint density at radius 1 is 1.45 bits per heavy atom. The first-order chi connectivity index (χ1) is 9.65. The number of nitrogen functional groups attached to an aromatic ring is 1. The Balaban J connectivity index is 2.11. The average Bonchev–Trinajstić information content (AvgIpc) is 2.93. The molecule has 1 aromatic carbocycles. The number of furan rings is 1. The quantitative estimate of drug-likeness (QED) is 0.380. The molecule has 0 aliphatic rings. The molecule has 0 spiro atoms. The summed E-state index contributed by atoms with van der Waals surface area (Å²) in [7, 11) is 0. The third kappa shape index (κ3) is 2.98. The lowest BCUT2D eigenvalue weighted by Crippen LogP contribution is -2.30. The van der Waals surface area contributed by atoms with Crippen molar-refractivity contribution in [3.8, 4) is 5.75 Å². The molecular weight excluding hydrogens is 284 g/mol. The predicted octanol–water partition coefficient (Wildman–Crippen LogP) is 1.93. The van der Waals surface area contributed by atoms with Crippen LogP contribution in [0.1, 0.15) is 26.5 Å². The number of nitrogens with one attached hydrogen (secondary N) is 1. The second kappa shape index (κ2) is 6.23. The Kier molecular flexibility index (Phi) is 4.39. The number of carbonyl (C=O) groups excluding carboxylic acids is 2. The number of hydrogen-bond donors (Lipinski definition) is 2. The van der Waals surface area contributed by atoms with Crippen molar-refractivity contribution < 1.29 is 18.7 Å². The van der Waals surface area contributed by atoms with Crippen molar-refractivity contribution in [1.29, 1.82) is 0 Å². The first kappa shape index (κ1) is 14.1. The maximum absolute atomic E-state index is 11.4. The van der Waals surface area contributed by atoms with Crippen LogP contribution in [0.15, 0.2) is 34.9 Å². The lowest BCUT2D eigenvalue weighted by Gasteiger charge is -2.07. The van der Waals surface area contributed by atoms with E-state index in [2.05, 4.69) is 0 Å². The van der Waals surface area contributed by atoms with E-state index in [1.807, 2.05) is 5.43 Å². The van der Waals surface area contributed by atoms with Gasteiger partial charge >= 0.3 is 0 Å². The number of benzene rings is 1. The van der Waals surface area contributed by atoms with Crippen LogP contribution in [-0.2, 0) is 6.61 Å². The number of nitrogens with two attached hydrogens (primary N) is 1. The molecule has 1 aromatic heterocycles. The van der Waals surface area contributed by atoms with E-state index in [0.717, 1.165) is 0 Å². The van der Waals surface area contributed by atoms with Crippen LogP contribution in [0.4, 0.5) is 0 Å². The van der Waals surface area contributed by atoms with Crippen molar-refractivity contribution >= 4 is 23.8 Å². The summed E-state index contributed by atoms with van der Waals surface area (Å²) < 4.78 is 10.6. The summed E-state index contributed by atoms with van der Waals surface area (Å²) in [5.74, 6) is 5.29. The van der Waals surface area contributed by atoms with Crippen LogP contribution in [0.25, 0.3) is 0 Å². The van der Waals surface area contributed by atoms with Gasteiger partial charge in [-0.25, -0.2) is 5.84 Å². The molecule has 1 amide bonds. The molecule has 0 saturated heterocycles. The molecule has 2 aromatic rings. The molecular formula is C13H11ClN2O4. The molecule has 0 atom stereocenters. The summed E-state index contributed by atoms with van der Waals surface area (Å²) in [6, 6.07) is 6.11. The molecule has 0 unspecified atom stereocenters. The lowest BCUT2D eigenvalue weighted by molar-refractivity contribution is 0.0949. The molecule has 3 N–H and O–H groups in total. The van der Waals surface area contributed by atoms with Gasteiger partial charge < -0.3 is 9.15 Å². The molecule has 2 rings (SSSR count). The number of hydrazine groups is 1. The molecule has 0 bridgehead atoms. The second-order valence-corrected chi connectivity index (χ2v) is 4.23. The van der Waals surface area contributed by atoms with E-state index < -0.39 is 5.91 Å². The highest BCUT2D eigenvalue weighted by Crippen LogP contribution is 2.26. The third-order valence-electron chi connectivity index (χ3n) is 2.57. The number of carbonyl (C=O) groups is 2. The largest absolute Gasteiger partial charge is 0.484 e. The molecule has 0 aliphatic heterocycles. The number of hydrogen-bond acceptors (Lipinski definition) is 5. The zero-order valence-electron chi connectivity index (χ0n) is 10.3. The Morgan fingerprint density at radius 3 is 2.90 bits per heavy atom. The van der Waals surface area contributed by atoms with Crippen LogP contribution >= 0.6 is 11.6 Å². The number of halogens is 1. The van der Waals surface area contributed by atoms with Crippen LogP contribution in [0.2, 0.25) is 5.02 Å². The molecule has 104 valence electrons. The van der Waals surface area contributed by atoms with Gasteiger partial charge in [-0.05, 0) is 24.3 Å². The standard InChI is InChI=1S/C13H11ClN2O4/c14-10-5-8(6-17)1-2-11(10)20-7-12-9(3-4-19-12)13(18)16-15/h1-6H,7,15H2,(H,16,18). The van der Waals surface area contributed by atoms with E-state index in [-0.39, 0.29) is 12.2 Å². The van der Waals surface area contributed by atoms with Crippen molar-refractivity contribution in [3.05, 3.63) is 52.4 Å². The Hall–Kier alpha value is -2.31. The molecule has 20 heavy (non-hydrogen) atoms. The summed E-state index contributed by atoms with van der Waals surface area (Å²) in [5.41, 5.74) is 2.75. The Labute approximate surface area is 119 Å². The molecule has 0 fully saturated rings. The number of aldehydes is 1. The minimum atomic E-state index is -0.472. The Morgan fingerprint density at radius 2 is 2.25 bits per heavy atom. The summed E-state index contributed by atoms with van der Waals surface area (Å²) in [4.78, 5) is 22.0. The van der Waals surface area contributed by atoms with Crippen LogP contribution < -0.4 is 16.0 Å². The first-order valence-electron chi connectivity index (χ1n) is 5.60. The highest BCUT2D eigenvalue weighted by atomic mass is 35.5. The van der Waals surface area contributed by atoms with Gasteiger partial charge in [0.15, 0.2) is 5.76 Å². The minimum absolute atomic E-state index is 0.00983. The Bertz CT molecular complexity index is 639. The smallest absolute Gasteiger partial charge is 0.268 e. The van der Waals surface area contributed by atoms with Crippen LogP contribution in [-0.4, -0.2) is 12.2 Å². The zero-order chi connectivity index (χ0) is 14.5. The normalized spacial score (nSPS) is 10.1. The summed E-state index contributed by atoms with van der Waals surface area (Å²) in [6.07, 6.45) is 2.05. The fourth-order valence-corrected chi connectivity index (χ4v) is 1.83. The van der Waals surface area contributed by atoms with E-state index in [4.69, 9.17) is 26.6 Å². The topological polar surface area (TPSA) is 94.6 Å². The first-order valence-corrected chi connectivity index (χ1v) is 5.98. The molecule has 7 heteroatoms. The molecule has 6 nitrogen and oxygen atoms in total. The van der Waals surface area contributed by atoms with Gasteiger partial charge in [0.05, 0.1) is 16.8 Å². The minimum Gasteiger partial charge on any atom is -0.484 e. The summed E-state index contributed by atoms with van der Waals surface area (Å²) >= 11 is 5.96. The van der Waals surface area contributed by atoms with E-state index in [9.17, 15) is 9.59 Å².